The molecule has 0 amide bonds. The zero-order valence-corrected chi connectivity index (χ0v) is 7.57. The smallest absolute Gasteiger partial charge is 0.358 e. The molecule has 0 atom stereocenters. The molecule has 0 rings (SSSR count). The van der Waals surface area contributed by atoms with Crippen LogP contribution >= 0.6 is 0 Å². The van der Waals surface area contributed by atoms with Gasteiger partial charge in [0.1, 0.15) is 0 Å². The van der Waals surface area contributed by atoms with Crippen LogP contribution in [0.15, 0.2) is 0 Å². The van der Waals surface area contributed by atoms with Crippen LogP contribution in [0.2, 0.25) is 0 Å². The number of hydrogen-bond donors (Lipinski definition) is 0. The molecule has 0 aliphatic heterocycles. The average molecular weight is 288 g/mol. The second kappa shape index (κ2) is 61.6. The molecule has 0 aliphatic rings. The molecule has 5 heavy (non-hydrogen) atoms. The van der Waals surface area contributed by atoms with Crippen molar-refractivity contribution in [3.8, 4) is 0 Å². The van der Waals surface area contributed by atoms with Gasteiger partial charge in [0.05, 0.1) is 0 Å². The summed E-state index contributed by atoms with van der Waals surface area (Å²) in [6, 6.07) is 0. The van der Waals surface area contributed by atoms with Crippen molar-refractivity contribution in [2.75, 3.05) is 0 Å². The fourth-order valence-electron chi connectivity index (χ4n) is 0. The molecule has 0 heterocycles. The maximum absolute atomic E-state index is 0. The Balaban J connectivity index is 0. The number of hydrogen-bond acceptors (Lipinski definition) is 0. The largest absolute Gasteiger partial charge is 3.00 e. The third kappa shape index (κ3) is 36.0. The molecule has 0 fully saturated rings. The molecule has 0 nitrogen and oxygen atoms in total. The van der Waals surface area contributed by atoms with E-state index < -0.39 is 0 Å². The molecule has 0 saturated carbocycles. The van der Waals surface area contributed by atoms with Crippen molar-refractivity contribution in [3.63, 3.8) is 0 Å². The van der Waals surface area contributed by atoms with Crippen molar-refractivity contribution in [3.05, 3.63) is 22.3 Å². The summed E-state index contributed by atoms with van der Waals surface area (Å²) < 4.78 is 0. The fraction of sp³-hybridized carbons (Fsp3) is 0. The van der Waals surface area contributed by atoms with E-state index in [2.05, 4.69) is 0 Å². The van der Waals surface area contributed by atoms with Crippen LogP contribution in [0.25, 0.3) is 0 Å². The monoisotopic (exact) mass is 289 g/mol. The maximum atomic E-state index is 0. The minimum atomic E-state index is 0. The molecule has 0 aliphatic carbocycles. The zero-order chi connectivity index (χ0) is 0. The Morgan fingerprint density at radius 3 is 0.600 bits per heavy atom. The molecular formula is C3H9IrV. The fourth-order valence-corrected chi connectivity index (χ4v) is 0. The first kappa shape index (κ1) is 112. The minimum absolute atomic E-state index is 0. The average Bonchev–Trinajstić information content (AvgIpc) is 0. The molecule has 2 heteroatoms. The summed E-state index contributed by atoms with van der Waals surface area (Å²) in [5.41, 5.74) is 0. The van der Waals surface area contributed by atoms with Gasteiger partial charge in [-0.3, -0.25) is 0 Å². The summed E-state index contributed by atoms with van der Waals surface area (Å²) in [5, 5.41) is 0. The van der Waals surface area contributed by atoms with Crippen LogP contribution < -0.4 is 0 Å². The molecule has 0 aromatic carbocycles. The van der Waals surface area contributed by atoms with E-state index in [0.717, 1.165) is 0 Å². The standard InChI is InChI=1S/3CH3.Ir.V/h3*1H3;;/q3*-1;+3;. The molecule has 35 valence electrons. The Kier molecular flexibility index (Phi) is 1380. The van der Waals surface area contributed by atoms with Gasteiger partial charge in [0.25, 0.3) is 0 Å². The third-order valence-corrected chi connectivity index (χ3v) is 0. The molecule has 0 unspecified atom stereocenters. The van der Waals surface area contributed by atoms with Crippen molar-refractivity contribution in [2.24, 2.45) is 0 Å². The molecule has 0 spiro atoms. The van der Waals surface area contributed by atoms with E-state index in [1.807, 2.05) is 0 Å². The van der Waals surface area contributed by atoms with E-state index in [4.69, 9.17) is 0 Å². The van der Waals surface area contributed by atoms with Crippen molar-refractivity contribution >= 4 is 0 Å². The Morgan fingerprint density at radius 2 is 0.600 bits per heavy atom. The second-order valence-electron chi connectivity index (χ2n) is 0. The molecule has 0 bridgehead atoms. The van der Waals surface area contributed by atoms with Crippen molar-refractivity contribution in [1.29, 1.82) is 0 Å². The predicted molar refractivity (Wildman–Crippen MR) is 19.2 cm³/mol. The van der Waals surface area contributed by atoms with Gasteiger partial charge in [-0.05, 0) is 0 Å². The summed E-state index contributed by atoms with van der Waals surface area (Å²) >= 11 is 0. The van der Waals surface area contributed by atoms with Crippen molar-refractivity contribution < 1.29 is 38.7 Å². The Labute approximate surface area is 61.0 Å². The van der Waals surface area contributed by atoms with E-state index in [9.17, 15) is 0 Å². The maximum Gasteiger partial charge on any atom is 3.00 e. The molecular weight excluding hydrogens is 279 g/mol. The van der Waals surface area contributed by atoms with E-state index in [1.54, 1.807) is 0 Å². The van der Waals surface area contributed by atoms with Crippen LogP contribution in [0.3, 0.4) is 0 Å². The molecule has 0 aromatic rings. The molecule has 1 radical (unpaired) electrons. The Hall–Kier alpha value is 1.23. The molecule has 0 saturated heterocycles. The first-order valence-electron chi connectivity index (χ1n) is 0. The van der Waals surface area contributed by atoms with Crippen molar-refractivity contribution in [2.45, 2.75) is 0 Å². The third-order valence-electron chi connectivity index (χ3n) is 0. The normalized spacial score (nSPS) is 0. The van der Waals surface area contributed by atoms with Crippen LogP contribution in [-0.4, -0.2) is 0 Å². The molecule has 0 N–H and O–H groups in total. The Bertz CT molecular complexity index is 6.85. The van der Waals surface area contributed by atoms with Gasteiger partial charge in [0.2, 0.25) is 0 Å². The second-order valence-corrected chi connectivity index (χ2v) is 0. The van der Waals surface area contributed by atoms with E-state index in [1.165, 1.54) is 0 Å². The van der Waals surface area contributed by atoms with Gasteiger partial charge < -0.3 is 22.3 Å². The van der Waals surface area contributed by atoms with E-state index in [-0.39, 0.29) is 60.9 Å². The first-order valence-corrected chi connectivity index (χ1v) is 0. The van der Waals surface area contributed by atoms with Crippen LogP contribution in [0.5, 0.6) is 0 Å². The quantitative estimate of drug-likeness (QED) is 0.590. The summed E-state index contributed by atoms with van der Waals surface area (Å²) in [7, 11) is 0. The summed E-state index contributed by atoms with van der Waals surface area (Å²) in [6.07, 6.45) is 0. The van der Waals surface area contributed by atoms with Gasteiger partial charge >= 0.3 is 20.1 Å². The van der Waals surface area contributed by atoms with Crippen molar-refractivity contribution in [1.82, 2.24) is 0 Å². The van der Waals surface area contributed by atoms with Crippen LogP contribution in [0.1, 0.15) is 0 Å². The van der Waals surface area contributed by atoms with Gasteiger partial charge in [-0.1, -0.05) is 0 Å². The van der Waals surface area contributed by atoms with Gasteiger partial charge in [-0.2, -0.15) is 0 Å². The van der Waals surface area contributed by atoms with E-state index in [0.29, 0.717) is 0 Å². The first-order chi connectivity index (χ1) is 0. The topological polar surface area (TPSA) is 0 Å². The van der Waals surface area contributed by atoms with Crippen LogP contribution in [0.4, 0.5) is 0 Å². The minimum Gasteiger partial charge on any atom is -0.358 e. The summed E-state index contributed by atoms with van der Waals surface area (Å²) in [4.78, 5) is 0. The number of rotatable bonds is 0. The van der Waals surface area contributed by atoms with Gasteiger partial charge in [0.15, 0.2) is 0 Å². The van der Waals surface area contributed by atoms with Crippen LogP contribution in [-0.2, 0) is 38.7 Å². The van der Waals surface area contributed by atoms with Gasteiger partial charge in [-0.15, -0.1) is 0 Å². The zero-order valence-electron chi connectivity index (χ0n) is 3.78. The van der Waals surface area contributed by atoms with Gasteiger partial charge in [0, 0.05) is 18.6 Å². The summed E-state index contributed by atoms with van der Waals surface area (Å²) in [6.45, 7) is 0. The summed E-state index contributed by atoms with van der Waals surface area (Å²) in [5.74, 6) is 0. The predicted octanol–water partition coefficient (Wildman–Crippen LogP) is 1.35. The SMILES string of the molecule is [CH3-].[CH3-].[CH3-].[Ir+3].[V]. The van der Waals surface area contributed by atoms with E-state index >= 15 is 0 Å². The molecule has 0 aromatic heterocycles. The Morgan fingerprint density at radius 1 is 0.600 bits per heavy atom. The van der Waals surface area contributed by atoms with Gasteiger partial charge in [-0.25, -0.2) is 0 Å². The van der Waals surface area contributed by atoms with Crippen LogP contribution in [0, 0.1) is 22.3 Å².